The van der Waals surface area contributed by atoms with E-state index in [1.54, 1.807) is 0 Å². The van der Waals surface area contributed by atoms with Crippen LogP contribution in [0.2, 0.25) is 2.66 Å². The topological polar surface area (TPSA) is 23.5 Å². The Morgan fingerprint density at radius 2 is 1.45 bits per heavy atom. The van der Waals surface area contributed by atoms with E-state index in [0.717, 1.165) is 9.77 Å². The van der Waals surface area contributed by atoms with Crippen LogP contribution in [-0.4, -0.2) is 64.7 Å². The van der Waals surface area contributed by atoms with E-state index in [4.69, 9.17) is 5.11 Å². The predicted octanol–water partition coefficient (Wildman–Crippen LogP) is 0.422. The van der Waals surface area contributed by atoms with Gasteiger partial charge in [-0.25, -0.2) is 0 Å². The number of aliphatic hydroxyl groups excluding tert-OH is 1. The molecular formula is C8H16NNaO. The molecule has 3 saturated heterocycles. The minimum atomic E-state index is 0.884. The number of hydrogen-bond donors (Lipinski definition) is 1. The summed E-state index contributed by atoms with van der Waals surface area (Å²) in [5, 5.41) is 7.00. The Bertz CT molecular complexity index is 107. The zero-order chi connectivity index (χ0) is 8.32. The Labute approximate surface area is 86.4 Å². The van der Waals surface area contributed by atoms with Gasteiger partial charge in [-0.15, -0.1) is 0 Å². The summed E-state index contributed by atoms with van der Waals surface area (Å²) in [7, 11) is 1.00. The molecule has 3 aliphatic rings. The standard InChI is InChI=1S/C7H12N.CH4O.Na/c1-4-8-5-2-7(1)3-6-8;1-2;/h1-6H2;2H,1H3;. The SMILES string of the molecule is CO.[Na][C]12CCN(CC1)CC2. The monoisotopic (exact) mass is 165 g/mol. The van der Waals surface area contributed by atoms with Crippen LogP contribution in [0.15, 0.2) is 0 Å². The van der Waals surface area contributed by atoms with Crippen molar-refractivity contribution >= 4 is 27.9 Å². The molecule has 0 aromatic rings. The van der Waals surface area contributed by atoms with E-state index in [9.17, 15) is 0 Å². The molecule has 3 rings (SSSR count). The Morgan fingerprint density at radius 3 is 1.64 bits per heavy atom. The van der Waals surface area contributed by atoms with Gasteiger partial charge in [0.1, 0.15) is 0 Å². The van der Waals surface area contributed by atoms with Gasteiger partial charge in [0, 0.05) is 7.11 Å². The Hall–Kier alpha value is 0.920. The summed E-state index contributed by atoms with van der Waals surface area (Å²) >= 11 is 1.44. The normalized spacial score (nSPS) is 41.3. The first-order valence-electron chi connectivity index (χ1n) is 4.46. The van der Waals surface area contributed by atoms with Crippen molar-refractivity contribution in [2.24, 2.45) is 0 Å². The molecule has 0 amide bonds. The number of piperidine rings is 3. The van der Waals surface area contributed by atoms with E-state index in [-0.39, 0.29) is 0 Å². The quantitative estimate of drug-likeness (QED) is 0.526. The zero-order valence-corrected chi connectivity index (χ0v) is 9.64. The maximum atomic E-state index is 7.00. The molecule has 0 unspecified atom stereocenters. The van der Waals surface area contributed by atoms with Crippen molar-refractivity contribution in [3.05, 3.63) is 0 Å². The molecule has 1 N–H and O–H groups in total. The van der Waals surface area contributed by atoms with Crippen molar-refractivity contribution in [1.82, 2.24) is 4.90 Å². The molecule has 3 fully saturated rings. The van der Waals surface area contributed by atoms with Crippen molar-refractivity contribution in [1.29, 1.82) is 0 Å². The average molecular weight is 165 g/mol. The fraction of sp³-hybridized carbons (Fsp3) is 1.00. The first kappa shape index (κ1) is 10.0. The number of fused-ring (bicyclic) bond motifs is 3. The summed E-state index contributed by atoms with van der Waals surface area (Å²) in [6.07, 6.45) is 4.54. The van der Waals surface area contributed by atoms with Crippen LogP contribution in [0, 0.1) is 0 Å². The van der Waals surface area contributed by atoms with Gasteiger partial charge in [-0.3, -0.25) is 0 Å². The Morgan fingerprint density at radius 1 is 1.09 bits per heavy atom. The van der Waals surface area contributed by atoms with E-state index in [2.05, 4.69) is 4.90 Å². The minimum absolute atomic E-state index is 0.884. The van der Waals surface area contributed by atoms with Gasteiger partial charge in [-0.05, 0) is 0 Å². The molecule has 2 nitrogen and oxygen atoms in total. The van der Waals surface area contributed by atoms with Gasteiger partial charge in [0.25, 0.3) is 0 Å². The van der Waals surface area contributed by atoms with Crippen LogP contribution in [0.25, 0.3) is 0 Å². The van der Waals surface area contributed by atoms with Crippen LogP contribution >= 0.6 is 0 Å². The van der Waals surface area contributed by atoms with Crippen LogP contribution in [0.5, 0.6) is 0 Å². The average Bonchev–Trinajstić information content (AvgIpc) is 2.10. The van der Waals surface area contributed by atoms with Gasteiger partial charge in [-0.1, -0.05) is 0 Å². The van der Waals surface area contributed by atoms with Gasteiger partial charge in [-0.2, -0.15) is 0 Å². The molecule has 0 aromatic heterocycles. The predicted molar refractivity (Wildman–Crippen MR) is 46.9 cm³/mol. The number of aliphatic hydroxyl groups is 1. The third kappa shape index (κ3) is 2.43. The summed E-state index contributed by atoms with van der Waals surface area (Å²) in [5.41, 5.74) is 0. The first-order chi connectivity index (χ1) is 5.29. The molecule has 0 aliphatic carbocycles. The van der Waals surface area contributed by atoms with E-state index >= 15 is 0 Å². The van der Waals surface area contributed by atoms with Crippen molar-refractivity contribution in [2.75, 3.05) is 26.7 Å². The first-order valence-corrected chi connectivity index (χ1v) is 5.46. The molecule has 11 heavy (non-hydrogen) atoms. The van der Waals surface area contributed by atoms with Gasteiger partial charge in [0.2, 0.25) is 0 Å². The van der Waals surface area contributed by atoms with Gasteiger partial charge >= 0.3 is 74.4 Å². The van der Waals surface area contributed by atoms with E-state index in [1.165, 1.54) is 66.8 Å². The van der Waals surface area contributed by atoms with Crippen molar-refractivity contribution in [3.8, 4) is 0 Å². The maximum absolute atomic E-state index is 7.00. The third-order valence-corrected chi connectivity index (χ3v) is 4.59. The van der Waals surface area contributed by atoms with Crippen LogP contribution in [0.4, 0.5) is 0 Å². The summed E-state index contributed by atoms with van der Waals surface area (Å²) in [4.78, 5) is 2.61. The van der Waals surface area contributed by atoms with Gasteiger partial charge < -0.3 is 5.11 Å². The van der Waals surface area contributed by atoms with Crippen molar-refractivity contribution in [3.63, 3.8) is 0 Å². The molecule has 2 bridgehead atoms. The zero-order valence-electron chi connectivity index (χ0n) is 7.64. The second-order valence-corrected chi connectivity index (χ2v) is 6.02. The molecule has 0 radical (unpaired) electrons. The molecule has 60 valence electrons. The number of nitrogens with zero attached hydrogens (tertiary/aromatic N) is 1. The number of rotatable bonds is 0. The van der Waals surface area contributed by atoms with E-state index in [1.807, 2.05) is 0 Å². The van der Waals surface area contributed by atoms with Crippen molar-refractivity contribution < 1.29 is 5.11 Å². The van der Waals surface area contributed by atoms with E-state index < -0.39 is 0 Å². The molecule has 0 aromatic carbocycles. The summed E-state index contributed by atoms with van der Waals surface area (Å²) < 4.78 is 0.884. The second-order valence-electron chi connectivity index (χ2n) is 3.90. The van der Waals surface area contributed by atoms with Crippen molar-refractivity contribution in [2.45, 2.75) is 21.9 Å². The third-order valence-electron chi connectivity index (χ3n) is 3.09. The summed E-state index contributed by atoms with van der Waals surface area (Å²) in [5.74, 6) is 0. The van der Waals surface area contributed by atoms with Crippen LogP contribution in [-0.2, 0) is 0 Å². The molecule has 0 saturated carbocycles. The molecule has 0 spiro atoms. The number of hydrogen-bond acceptors (Lipinski definition) is 2. The Kier molecular flexibility index (Phi) is 3.86. The van der Waals surface area contributed by atoms with Gasteiger partial charge in [0.05, 0.1) is 0 Å². The second kappa shape index (κ2) is 4.24. The van der Waals surface area contributed by atoms with E-state index in [0.29, 0.717) is 0 Å². The van der Waals surface area contributed by atoms with Crippen LogP contribution in [0.3, 0.4) is 0 Å². The molecule has 3 aliphatic heterocycles. The summed E-state index contributed by atoms with van der Waals surface area (Å²) in [6.45, 7) is 4.22. The fourth-order valence-electron chi connectivity index (χ4n) is 1.99. The van der Waals surface area contributed by atoms with Crippen LogP contribution < -0.4 is 0 Å². The molecule has 3 heteroatoms. The molecular weight excluding hydrogens is 149 g/mol. The molecule has 3 heterocycles. The summed E-state index contributed by atoms with van der Waals surface area (Å²) in [6, 6.07) is 0. The fourth-order valence-corrected chi connectivity index (χ4v) is 2.67. The molecule has 0 atom stereocenters. The van der Waals surface area contributed by atoms with Crippen LogP contribution in [0.1, 0.15) is 19.3 Å². The Balaban J connectivity index is 0.000000281. The van der Waals surface area contributed by atoms with Gasteiger partial charge in [0.15, 0.2) is 0 Å².